The number of thioether (sulfide) groups is 1. The highest BCUT2D eigenvalue weighted by atomic mass is 79.9. The number of nitrogens with one attached hydrogen (secondary N) is 1. The van der Waals surface area contributed by atoms with Gasteiger partial charge in [0, 0.05) is 16.6 Å². The first-order valence-electron chi connectivity index (χ1n) is 6.54. The smallest absolute Gasteiger partial charge is 0.247 e. The van der Waals surface area contributed by atoms with Crippen molar-refractivity contribution in [3.8, 4) is 11.4 Å². The normalized spacial score (nSPS) is 12.0. The zero-order valence-corrected chi connectivity index (χ0v) is 14.4. The van der Waals surface area contributed by atoms with Crippen molar-refractivity contribution in [2.45, 2.75) is 23.9 Å². The van der Waals surface area contributed by atoms with Gasteiger partial charge < -0.3 is 0 Å². The topological polar surface area (TPSA) is 85.8 Å². The van der Waals surface area contributed by atoms with Crippen molar-refractivity contribution in [2.24, 2.45) is 5.84 Å². The average Bonchev–Trinajstić information content (AvgIpc) is 2.90. The van der Waals surface area contributed by atoms with Gasteiger partial charge in [-0.1, -0.05) is 45.9 Å². The summed E-state index contributed by atoms with van der Waals surface area (Å²) in [7, 11) is 0. The van der Waals surface area contributed by atoms with Gasteiger partial charge in [-0.3, -0.25) is 14.8 Å². The van der Waals surface area contributed by atoms with E-state index in [0.717, 1.165) is 15.9 Å². The molecule has 8 heteroatoms. The first kappa shape index (κ1) is 16.7. The number of allylic oxidation sites excluding steroid dienone is 1. The summed E-state index contributed by atoms with van der Waals surface area (Å²) in [4.78, 5) is 11.6. The van der Waals surface area contributed by atoms with Gasteiger partial charge in [0.15, 0.2) is 11.0 Å². The lowest BCUT2D eigenvalue weighted by molar-refractivity contribution is -0.120. The molecule has 0 aliphatic heterocycles. The Kier molecular flexibility index (Phi) is 5.76. The molecule has 6 nitrogen and oxygen atoms in total. The minimum absolute atomic E-state index is 0.261. The van der Waals surface area contributed by atoms with E-state index in [1.165, 1.54) is 11.8 Å². The Balaban J connectivity index is 2.34. The number of benzene rings is 1. The molecule has 0 saturated heterocycles. The first-order chi connectivity index (χ1) is 10.6. The molecule has 1 aromatic heterocycles. The minimum atomic E-state index is -0.365. The van der Waals surface area contributed by atoms with Crippen LogP contribution in [-0.2, 0) is 11.3 Å². The second kappa shape index (κ2) is 7.57. The number of hydrazine groups is 1. The van der Waals surface area contributed by atoms with Crippen LogP contribution in [0.15, 0.2) is 46.5 Å². The Morgan fingerprint density at radius 3 is 2.77 bits per heavy atom. The molecule has 0 fully saturated rings. The molecule has 0 aliphatic carbocycles. The van der Waals surface area contributed by atoms with E-state index in [1.54, 1.807) is 13.0 Å². The van der Waals surface area contributed by atoms with Gasteiger partial charge in [0.1, 0.15) is 0 Å². The van der Waals surface area contributed by atoms with Crippen molar-refractivity contribution < 1.29 is 4.79 Å². The second-order valence-electron chi connectivity index (χ2n) is 4.48. The molecule has 0 spiro atoms. The third-order valence-electron chi connectivity index (χ3n) is 2.92. The number of halogens is 1. The fraction of sp³-hybridized carbons (Fsp3) is 0.214. The van der Waals surface area contributed by atoms with Crippen LogP contribution >= 0.6 is 27.7 Å². The van der Waals surface area contributed by atoms with E-state index in [0.29, 0.717) is 11.7 Å². The fourth-order valence-corrected chi connectivity index (χ4v) is 2.94. The lowest BCUT2D eigenvalue weighted by Gasteiger charge is -2.11. The van der Waals surface area contributed by atoms with E-state index in [2.05, 4.69) is 38.1 Å². The number of carbonyl (C=O) groups is 1. The predicted octanol–water partition coefficient (Wildman–Crippen LogP) is 2.36. The Labute approximate surface area is 141 Å². The second-order valence-corrected chi connectivity index (χ2v) is 6.70. The third kappa shape index (κ3) is 3.76. The van der Waals surface area contributed by atoms with Crippen molar-refractivity contribution >= 4 is 33.6 Å². The van der Waals surface area contributed by atoms with Gasteiger partial charge >= 0.3 is 0 Å². The molecule has 0 saturated carbocycles. The molecule has 2 rings (SSSR count). The lowest BCUT2D eigenvalue weighted by Crippen LogP contribution is -2.36. The first-order valence-corrected chi connectivity index (χ1v) is 8.21. The molecule has 116 valence electrons. The summed E-state index contributed by atoms with van der Waals surface area (Å²) in [6.45, 7) is 6.08. The van der Waals surface area contributed by atoms with Crippen LogP contribution in [0, 0.1) is 0 Å². The maximum Gasteiger partial charge on any atom is 0.247 e. The quantitative estimate of drug-likeness (QED) is 0.263. The van der Waals surface area contributed by atoms with Gasteiger partial charge in [-0.05, 0) is 19.1 Å². The number of aromatic nitrogens is 3. The van der Waals surface area contributed by atoms with Gasteiger partial charge in [0.25, 0.3) is 0 Å². The van der Waals surface area contributed by atoms with Crippen LogP contribution in [0.3, 0.4) is 0 Å². The van der Waals surface area contributed by atoms with Crippen LogP contribution in [0.2, 0.25) is 0 Å². The summed E-state index contributed by atoms with van der Waals surface area (Å²) in [6.07, 6.45) is 1.77. The van der Waals surface area contributed by atoms with E-state index in [9.17, 15) is 4.79 Å². The van der Waals surface area contributed by atoms with E-state index < -0.39 is 0 Å². The van der Waals surface area contributed by atoms with Gasteiger partial charge in [0.05, 0.1) is 5.25 Å². The van der Waals surface area contributed by atoms with Crippen LogP contribution in [-0.4, -0.2) is 25.9 Å². The van der Waals surface area contributed by atoms with Crippen LogP contribution in [0.4, 0.5) is 0 Å². The monoisotopic (exact) mass is 381 g/mol. The summed E-state index contributed by atoms with van der Waals surface area (Å²) in [5, 5.41) is 8.71. The molecule has 0 radical (unpaired) electrons. The van der Waals surface area contributed by atoms with Crippen LogP contribution < -0.4 is 11.3 Å². The van der Waals surface area contributed by atoms with E-state index in [4.69, 9.17) is 5.84 Å². The molecule has 22 heavy (non-hydrogen) atoms. The zero-order chi connectivity index (χ0) is 16.1. The van der Waals surface area contributed by atoms with Gasteiger partial charge in [-0.2, -0.15) is 0 Å². The summed E-state index contributed by atoms with van der Waals surface area (Å²) in [6, 6.07) is 7.80. The molecule has 3 N–H and O–H groups in total. The van der Waals surface area contributed by atoms with Crippen LogP contribution in [0.5, 0.6) is 0 Å². The molecule has 1 aromatic carbocycles. The average molecular weight is 382 g/mol. The highest BCUT2D eigenvalue weighted by molar-refractivity contribution is 9.10. The molecule has 0 aliphatic rings. The number of carbonyl (C=O) groups excluding carboxylic acids is 1. The summed E-state index contributed by atoms with van der Waals surface area (Å²) >= 11 is 4.71. The third-order valence-corrected chi connectivity index (χ3v) is 4.53. The molecule has 1 atom stereocenters. The van der Waals surface area contributed by atoms with Gasteiger partial charge in [-0.25, -0.2) is 5.84 Å². The molecule has 2 aromatic rings. The Hall–Kier alpha value is -1.64. The van der Waals surface area contributed by atoms with E-state index >= 15 is 0 Å². The van der Waals surface area contributed by atoms with Crippen LogP contribution in [0.1, 0.15) is 6.92 Å². The summed E-state index contributed by atoms with van der Waals surface area (Å²) < 4.78 is 2.91. The minimum Gasteiger partial charge on any atom is -0.298 e. The van der Waals surface area contributed by atoms with Crippen LogP contribution in [0.25, 0.3) is 11.4 Å². The van der Waals surface area contributed by atoms with Crippen molar-refractivity contribution in [3.05, 3.63) is 41.4 Å². The lowest BCUT2D eigenvalue weighted by atomic mass is 10.2. The molecule has 0 bridgehead atoms. The largest absolute Gasteiger partial charge is 0.298 e. The molecule has 1 heterocycles. The number of rotatable bonds is 6. The summed E-state index contributed by atoms with van der Waals surface area (Å²) in [5.74, 6) is 5.63. The zero-order valence-electron chi connectivity index (χ0n) is 12.0. The summed E-state index contributed by atoms with van der Waals surface area (Å²) in [5.41, 5.74) is 3.08. The van der Waals surface area contributed by atoms with Crippen molar-refractivity contribution in [1.29, 1.82) is 0 Å². The van der Waals surface area contributed by atoms with E-state index in [1.807, 2.05) is 28.8 Å². The molecule has 0 unspecified atom stereocenters. The Morgan fingerprint density at radius 2 is 2.18 bits per heavy atom. The maximum atomic E-state index is 11.6. The highest BCUT2D eigenvalue weighted by Crippen LogP contribution is 2.27. The van der Waals surface area contributed by atoms with Crippen molar-refractivity contribution in [3.63, 3.8) is 0 Å². The van der Waals surface area contributed by atoms with E-state index in [-0.39, 0.29) is 11.2 Å². The number of nitrogens with zero attached hydrogens (tertiary/aromatic N) is 3. The predicted molar refractivity (Wildman–Crippen MR) is 91.0 cm³/mol. The highest BCUT2D eigenvalue weighted by Gasteiger charge is 2.19. The van der Waals surface area contributed by atoms with Gasteiger partial charge in [0.2, 0.25) is 5.91 Å². The molecular formula is C14H16BrN5OS. The van der Waals surface area contributed by atoms with Crippen molar-refractivity contribution in [1.82, 2.24) is 20.2 Å². The number of amides is 1. The van der Waals surface area contributed by atoms with Gasteiger partial charge in [-0.15, -0.1) is 16.8 Å². The fourth-order valence-electron chi connectivity index (χ4n) is 1.81. The van der Waals surface area contributed by atoms with Crippen molar-refractivity contribution in [2.75, 3.05) is 0 Å². The Bertz CT molecular complexity index is 670. The molecule has 1 amide bonds. The molecular weight excluding hydrogens is 366 g/mol. The number of hydrogen-bond donors (Lipinski definition) is 2. The maximum absolute atomic E-state index is 11.6. The number of hydrogen-bond acceptors (Lipinski definition) is 5. The standard InChI is InChI=1S/C14H16BrN5OS/c1-3-8-20-12(10-4-6-11(15)7-5-10)18-19-14(20)22-9(2)13(21)17-16/h3-7,9H,1,8,16H2,2H3,(H,17,21)/t9-/m0/s1. The number of nitrogens with two attached hydrogens (primary N) is 1. The Morgan fingerprint density at radius 1 is 1.50 bits per heavy atom. The SMILES string of the molecule is C=CCn1c(S[C@@H](C)C(=O)NN)nnc1-c1ccc(Br)cc1.